The van der Waals surface area contributed by atoms with Crippen molar-refractivity contribution in [1.82, 2.24) is 5.32 Å². The van der Waals surface area contributed by atoms with Crippen molar-refractivity contribution in [2.45, 2.75) is 32.9 Å². The van der Waals surface area contributed by atoms with Crippen LogP contribution in [-0.2, 0) is 11.3 Å². The lowest BCUT2D eigenvalue weighted by Gasteiger charge is -2.20. The molecule has 0 bridgehead atoms. The number of ketones is 1. The van der Waals surface area contributed by atoms with Gasteiger partial charge < -0.3 is 20.5 Å². The fraction of sp³-hybridized carbons (Fsp3) is 0.286. The first-order valence-corrected chi connectivity index (χ1v) is 9.22. The van der Waals surface area contributed by atoms with Gasteiger partial charge >= 0.3 is 6.09 Å². The number of rotatable bonds is 5. The molecule has 7 nitrogen and oxygen atoms in total. The molecule has 0 heterocycles. The molecule has 0 saturated carbocycles. The fourth-order valence-electron chi connectivity index (χ4n) is 2.75. The van der Waals surface area contributed by atoms with Crippen LogP contribution in [0, 0.1) is 17.1 Å². The van der Waals surface area contributed by atoms with Crippen LogP contribution in [-0.4, -0.2) is 24.6 Å². The summed E-state index contributed by atoms with van der Waals surface area (Å²) >= 11 is 6.03. The zero-order valence-corrected chi connectivity index (χ0v) is 17.7. The Kier molecular flexibility index (Phi) is 6.90. The number of carbonyl (C=O) groups excluding carboxylic acids is 2. The van der Waals surface area contributed by atoms with Crippen LogP contribution in [0.25, 0.3) is 0 Å². The molecule has 158 valence electrons. The van der Waals surface area contributed by atoms with Crippen LogP contribution in [0.5, 0.6) is 5.75 Å². The highest BCUT2D eigenvalue weighted by Crippen LogP contribution is 2.34. The predicted octanol–water partition coefficient (Wildman–Crippen LogP) is 4.20. The molecule has 0 atom stereocenters. The number of nitrogens with zero attached hydrogens (tertiary/aromatic N) is 1. The van der Waals surface area contributed by atoms with E-state index in [1.54, 1.807) is 20.8 Å². The first kappa shape index (κ1) is 23.0. The minimum Gasteiger partial charge on any atom is -0.495 e. The molecule has 0 aliphatic heterocycles. The topological polar surface area (TPSA) is 114 Å². The monoisotopic (exact) mass is 433 g/mol. The van der Waals surface area contributed by atoms with Crippen molar-refractivity contribution in [2.24, 2.45) is 0 Å². The van der Waals surface area contributed by atoms with Crippen LogP contribution < -0.4 is 15.8 Å². The third-order valence-corrected chi connectivity index (χ3v) is 4.25. The van der Waals surface area contributed by atoms with Gasteiger partial charge in [-0.25, -0.2) is 9.18 Å². The Morgan fingerprint density at radius 3 is 2.53 bits per heavy atom. The summed E-state index contributed by atoms with van der Waals surface area (Å²) in [6, 6.07) is 6.62. The van der Waals surface area contributed by atoms with Crippen LogP contribution in [0.15, 0.2) is 24.3 Å². The van der Waals surface area contributed by atoms with E-state index in [0.29, 0.717) is 5.56 Å². The van der Waals surface area contributed by atoms with E-state index >= 15 is 0 Å². The van der Waals surface area contributed by atoms with Crippen LogP contribution >= 0.6 is 11.6 Å². The van der Waals surface area contributed by atoms with E-state index < -0.39 is 23.3 Å². The van der Waals surface area contributed by atoms with E-state index in [-0.39, 0.29) is 39.7 Å². The molecule has 0 radical (unpaired) electrons. The zero-order chi connectivity index (χ0) is 22.6. The summed E-state index contributed by atoms with van der Waals surface area (Å²) in [7, 11) is 1.31. The van der Waals surface area contributed by atoms with Gasteiger partial charge in [0.1, 0.15) is 28.8 Å². The Morgan fingerprint density at radius 2 is 1.97 bits per heavy atom. The minimum atomic E-state index is -0.724. The number of methoxy groups -OCH3 is 1. The van der Waals surface area contributed by atoms with Crippen molar-refractivity contribution in [3.05, 3.63) is 57.4 Å². The molecular weight excluding hydrogens is 413 g/mol. The summed E-state index contributed by atoms with van der Waals surface area (Å²) in [4.78, 5) is 24.9. The van der Waals surface area contributed by atoms with Crippen molar-refractivity contribution >= 4 is 29.2 Å². The summed E-state index contributed by atoms with van der Waals surface area (Å²) in [6.07, 6.45) is -0.673. The van der Waals surface area contributed by atoms with Gasteiger partial charge in [0.2, 0.25) is 0 Å². The molecule has 2 rings (SSSR count). The molecule has 0 aliphatic carbocycles. The van der Waals surface area contributed by atoms with E-state index in [1.165, 1.54) is 19.2 Å². The van der Waals surface area contributed by atoms with Gasteiger partial charge in [0, 0.05) is 23.4 Å². The van der Waals surface area contributed by atoms with Crippen molar-refractivity contribution in [2.75, 3.05) is 12.8 Å². The molecule has 30 heavy (non-hydrogen) atoms. The number of amides is 1. The average molecular weight is 434 g/mol. The van der Waals surface area contributed by atoms with E-state index in [4.69, 9.17) is 26.8 Å². The molecular formula is C21H21ClFN3O4. The van der Waals surface area contributed by atoms with Crippen LogP contribution in [0.1, 0.15) is 47.8 Å². The largest absolute Gasteiger partial charge is 0.495 e. The Balaban J connectivity index is 2.48. The number of nitriles is 1. The average Bonchev–Trinajstić information content (AvgIpc) is 2.65. The smallest absolute Gasteiger partial charge is 0.407 e. The lowest BCUT2D eigenvalue weighted by Crippen LogP contribution is -2.32. The van der Waals surface area contributed by atoms with Crippen molar-refractivity contribution in [3.8, 4) is 11.8 Å². The molecule has 2 aromatic carbocycles. The third kappa shape index (κ3) is 5.19. The zero-order valence-electron chi connectivity index (χ0n) is 16.9. The number of benzene rings is 2. The number of nitrogens with two attached hydrogens (primary N) is 1. The number of ether oxygens (including phenoxy) is 2. The van der Waals surface area contributed by atoms with E-state index in [1.807, 2.05) is 6.07 Å². The molecule has 0 spiro atoms. The second-order valence-corrected chi connectivity index (χ2v) is 7.74. The first-order chi connectivity index (χ1) is 14.0. The molecule has 0 unspecified atom stereocenters. The number of hydrogen-bond acceptors (Lipinski definition) is 6. The Labute approximate surface area is 178 Å². The molecule has 9 heteroatoms. The Hall–Kier alpha value is -3.31. The number of nitrogens with one attached hydrogen (secondary N) is 1. The van der Waals surface area contributed by atoms with Gasteiger partial charge in [0.05, 0.1) is 17.7 Å². The molecule has 0 saturated heterocycles. The number of carbonyl (C=O) groups is 2. The van der Waals surface area contributed by atoms with Crippen molar-refractivity contribution < 1.29 is 23.5 Å². The Morgan fingerprint density at radius 1 is 1.30 bits per heavy atom. The summed E-state index contributed by atoms with van der Waals surface area (Å²) in [5.74, 6) is -1.33. The summed E-state index contributed by atoms with van der Waals surface area (Å²) in [5, 5.41) is 12.2. The normalized spacial score (nSPS) is 10.8. The second-order valence-electron chi connectivity index (χ2n) is 7.33. The molecule has 0 aromatic heterocycles. The number of alkyl carbamates (subject to hydrolysis) is 1. The van der Waals surface area contributed by atoms with Crippen LogP contribution in [0.4, 0.5) is 14.9 Å². The maximum absolute atomic E-state index is 13.6. The molecule has 0 fully saturated rings. The van der Waals surface area contributed by atoms with E-state index in [0.717, 1.165) is 12.1 Å². The minimum absolute atomic E-state index is 0.0133. The van der Waals surface area contributed by atoms with Crippen molar-refractivity contribution in [3.63, 3.8) is 0 Å². The second kappa shape index (κ2) is 9.01. The number of anilines is 1. The van der Waals surface area contributed by atoms with Crippen LogP contribution in [0.2, 0.25) is 5.02 Å². The van der Waals surface area contributed by atoms with Gasteiger partial charge in [-0.15, -0.1) is 0 Å². The van der Waals surface area contributed by atoms with Gasteiger partial charge in [-0.3, -0.25) is 4.79 Å². The van der Waals surface area contributed by atoms with Gasteiger partial charge in [-0.1, -0.05) is 11.6 Å². The summed E-state index contributed by atoms with van der Waals surface area (Å²) in [5.41, 5.74) is 5.23. The fourth-order valence-corrected chi connectivity index (χ4v) is 2.95. The third-order valence-electron chi connectivity index (χ3n) is 3.93. The lowest BCUT2D eigenvalue weighted by atomic mass is 9.94. The van der Waals surface area contributed by atoms with Crippen LogP contribution in [0.3, 0.4) is 0 Å². The lowest BCUT2D eigenvalue weighted by molar-refractivity contribution is 0.0523. The number of hydrogen-bond donors (Lipinski definition) is 2. The van der Waals surface area contributed by atoms with E-state index in [2.05, 4.69) is 5.32 Å². The Bertz CT molecular complexity index is 1040. The highest BCUT2D eigenvalue weighted by Gasteiger charge is 2.26. The van der Waals surface area contributed by atoms with E-state index in [9.17, 15) is 19.2 Å². The van der Waals surface area contributed by atoms with Gasteiger partial charge in [-0.05, 0) is 45.0 Å². The maximum Gasteiger partial charge on any atom is 0.407 e. The summed E-state index contributed by atoms with van der Waals surface area (Å²) in [6.45, 7) is 5.09. The summed E-state index contributed by atoms with van der Waals surface area (Å²) < 4.78 is 24.1. The highest BCUT2D eigenvalue weighted by molar-refractivity contribution is 6.35. The first-order valence-electron chi connectivity index (χ1n) is 8.84. The molecule has 2 aromatic rings. The molecule has 3 N–H and O–H groups in total. The quantitative estimate of drug-likeness (QED) is 0.539. The van der Waals surface area contributed by atoms with Gasteiger partial charge in [0.15, 0.2) is 5.78 Å². The van der Waals surface area contributed by atoms with Crippen molar-refractivity contribution in [1.29, 1.82) is 5.26 Å². The standard InChI is InChI=1S/C21H21ClFN3O4/c1-21(2,3)30-20(28)26-10-11-7-16(25)17(14(9-24)19(11)29-4)18(27)13-8-12(23)5-6-15(13)22/h5-8H,10,25H2,1-4H3,(H,26,28). The van der Waals surface area contributed by atoms with Gasteiger partial charge in [-0.2, -0.15) is 5.26 Å². The molecule has 0 aliphatic rings. The maximum atomic E-state index is 13.6. The van der Waals surface area contributed by atoms with Gasteiger partial charge in [0.25, 0.3) is 0 Å². The molecule has 1 amide bonds. The predicted molar refractivity (Wildman–Crippen MR) is 110 cm³/mol. The number of nitrogen functional groups attached to an aromatic ring is 1. The SMILES string of the molecule is COc1c(CNC(=O)OC(C)(C)C)cc(N)c(C(=O)c2cc(F)ccc2Cl)c1C#N. The highest BCUT2D eigenvalue weighted by atomic mass is 35.5. The number of halogens is 2.